The van der Waals surface area contributed by atoms with E-state index in [2.05, 4.69) is 48.9 Å². The van der Waals surface area contributed by atoms with Crippen molar-refractivity contribution in [2.24, 2.45) is 11.7 Å². The zero-order valence-corrected chi connectivity index (χ0v) is 11.5. The van der Waals surface area contributed by atoms with Crippen LogP contribution >= 0.6 is 0 Å². The number of hydrogen-bond donors (Lipinski definition) is 1. The maximum Gasteiger partial charge on any atom is 0.0483 e. The molecule has 0 aliphatic rings. The number of nitrogens with two attached hydrogens (primary N) is 1. The second-order valence-corrected chi connectivity index (χ2v) is 5.04. The molecule has 0 unspecified atom stereocenters. The average molecular weight is 244 g/mol. The summed E-state index contributed by atoms with van der Waals surface area (Å²) in [7, 11) is 0. The van der Waals surface area contributed by atoms with Gasteiger partial charge in [-0.2, -0.15) is 0 Å². The third-order valence-corrected chi connectivity index (χ3v) is 3.93. The summed E-state index contributed by atoms with van der Waals surface area (Å²) in [6.45, 7) is 6.40. The topological polar surface area (TPSA) is 30.9 Å². The molecule has 0 bridgehead atoms. The molecule has 2 nitrogen and oxygen atoms in total. The van der Waals surface area contributed by atoms with Gasteiger partial charge in [-0.3, -0.25) is 0 Å². The third-order valence-electron chi connectivity index (χ3n) is 3.93. The largest absolute Gasteiger partial charge is 0.347 e. The maximum absolute atomic E-state index is 5.68. The van der Waals surface area contributed by atoms with Crippen molar-refractivity contribution < 1.29 is 0 Å². The summed E-state index contributed by atoms with van der Waals surface area (Å²) in [6.07, 6.45) is 5.69. The highest BCUT2D eigenvalue weighted by atomic mass is 15.0. The van der Waals surface area contributed by atoms with Crippen LogP contribution in [0, 0.1) is 5.92 Å². The van der Waals surface area contributed by atoms with Gasteiger partial charge in [0.05, 0.1) is 0 Å². The molecule has 0 aliphatic heterocycles. The van der Waals surface area contributed by atoms with Crippen LogP contribution < -0.4 is 5.73 Å². The lowest BCUT2D eigenvalue weighted by Crippen LogP contribution is -2.08. The van der Waals surface area contributed by atoms with Gasteiger partial charge in [0.1, 0.15) is 0 Å². The van der Waals surface area contributed by atoms with E-state index in [0.29, 0.717) is 0 Å². The van der Waals surface area contributed by atoms with Crippen LogP contribution in [0.2, 0.25) is 0 Å². The summed E-state index contributed by atoms with van der Waals surface area (Å²) in [5.41, 5.74) is 8.40. The first-order valence-corrected chi connectivity index (χ1v) is 7.06. The molecule has 0 saturated carbocycles. The first-order chi connectivity index (χ1) is 8.80. The van der Waals surface area contributed by atoms with Gasteiger partial charge in [-0.15, -0.1) is 0 Å². The summed E-state index contributed by atoms with van der Waals surface area (Å²) in [6, 6.07) is 8.80. The van der Waals surface area contributed by atoms with Crippen LogP contribution in [0.5, 0.6) is 0 Å². The van der Waals surface area contributed by atoms with Gasteiger partial charge < -0.3 is 10.3 Å². The van der Waals surface area contributed by atoms with Gasteiger partial charge in [-0.05, 0) is 36.6 Å². The van der Waals surface area contributed by atoms with Crippen molar-refractivity contribution in [2.45, 2.75) is 39.7 Å². The Labute approximate surface area is 110 Å². The van der Waals surface area contributed by atoms with Crippen molar-refractivity contribution in [3.63, 3.8) is 0 Å². The highest BCUT2D eigenvalue weighted by molar-refractivity contribution is 5.83. The number of rotatable bonds is 6. The van der Waals surface area contributed by atoms with E-state index in [4.69, 9.17) is 5.73 Å². The Hall–Kier alpha value is -1.28. The van der Waals surface area contributed by atoms with Gasteiger partial charge in [-0.25, -0.2) is 0 Å². The lowest BCUT2D eigenvalue weighted by molar-refractivity contribution is 0.425. The molecule has 0 saturated heterocycles. The van der Waals surface area contributed by atoms with Crippen LogP contribution in [-0.2, 0) is 13.0 Å². The Kier molecular flexibility index (Phi) is 4.43. The summed E-state index contributed by atoms with van der Waals surface area (Å²) < 4.78 is 2.40. The standard InChI is InChI=1S/C16H24N2/c1-3-13(4-2)12-18-11-9-15-14(8-10-17)6-5-7-16(15)18/h5-7,9,11,13H,3-4,8,10,12,17H2,1-2H3. The Morgan fingerprint density at radius 2 is 1.94 bits per heavy atom. The molecule has 0 spiro atoms. The molecule has 0 amide bonds. The minimum absolute atomic E-state index is 0.719. The fourth-order valence-electron chi connectivity index (χ4n) is 2.64. The second kappa shape index (κ2) is 6.05. The van der Waals surface area contributed by atoms with Crippen molar-refractivity contribution >= 4 is 10.9 Å². The molecule has 2 heteroatoms. The Morgan fingerprint density at radius 1 is 1.17 bits per heavy atom. The summed E-state index contributed by atoms with van der Waals surface area (Å²) >= 11 is 0. The maximum atomic E-state index is 5.68. The fraction of sp³-hybridized carbons (Fsp3) is 0.500. The first kappa shape index (κ1) is 13.2. The van der Waals surface area contributed by atoms with E-state index in [-0.39, 0.29) is 0 Å². The van der Waals surface area contributed by atoms with Gasteiger partial charge in [0.2, 0.25) is 0 Å². The number of nitrogens with zero attached hydrogens (tertiary/aromatic N) is 1. The zero-order chi connectivity index (χ0) is 13.0. The lowest BCUT2D eigenvalue weighted by atomic mass is 10.0. The molecule has 0 radical (unpaired) electrons. The smallest absolute Gasteiger partial charge is 0.0483 e. The summed E-state index contributed by atoms with van der Waals surface area (Å²) in [5, 5.41) is 1.37. The highest BCUT2D eigenvalue weighted by Gasteiger charge is 2.08. The number of fused-ring (bicyclic) bond motifs is 1. The van der Waals surface area contributed by atoms with Crippen LogP contribution in [0.15, 0.2) is 30.5 Å². The first-order valence-electron chi connectivity index (χ1n) is 7.06. The van der Waals surface area contributed by atoms with Crippen LogP contribution in [0.1, 0.15) is 32.3 Å². The average Bonchev–Trinajstić information content (AvgIpc) is 2.80. The molecule has 0 aliphatic carbocycles. The normalized spacial score (nSPS) is 11.6. The molecule has 98 valence electrons. The third kappa shape index (κ3) is 2.59. The van der Waals surface area contributed by atoms with Gasteiger partial charge in [0.25, 0.3) is 0 Å². The highest BCUT2D eigenvalue weighted by Crippen LogP contribution is 2.22. The van der Waals surface area contributed by atoms with E-state index in [1.165, 1.54) is 29.3 Å². The van der Waals surface area contributed by atoms with Gasteiger partial charge in [0.15, 0.2) is 0 Å². The molecule has 2 N–H and O–H groups in total. The molecule has 0 fully saturated rings. The molecular formula is C16H24N2. The Balaban J connectivity index is 2.33. The van der Waals surface area contributed by atoms with E-state index in [0.717, 1.165) is 25.4 Å². The molecular weight excluding hydrogens is 220 g/mol. The van der Waals surface area contributed by atoms with Gasteiger partial charge >= 0.3 is 0 Å². The van der Waals surface area contributed by atoms with Crippen molar-refractivity contribution in [3.8, 4) is 0 Å². The molecule has 1 aromatic heterocycles. The predicted molar refractivity (Wildman–Crippen MR) is 78.8 cm³/mol. The number of benzene rings is 1. The second-order valence-electron chi connectivity index (χ2n) is 5.04. The number of hydrogen-bond acceptors (Lipinski definition) is 1. The zero-order valence-electron chi connectivity index (χ0n) is 11.5. The molecule has 2 aromatic rings. The molecule has 0 atom stereocenters. The SMILES string of the molecule is CCC(CC)Cn1ccc2c(CCN)cccc21. The Morgan fingerprint density at radius 3 is 2.61 bits per heavy atom. The summed E-state index contributed by atoms with van der Waals surface area (Å²) in [4.78, 5) is 0. The van der Waals surface area contributed by atoms with Crippen LogP contribution in [0.3, 0.4) is 0 Å². The van der Waals surface area contributed by atoms with Crippen molar-refractivity contribution in [3.05, 3.63) is 36.0 Å². The monoisotopic (exact) mass is 244 g/mol. The molecule has 1 aromatic carbocycles. The Bertz CT molecular complexity index is 495. The quantitative estimate of drug-likeness (QED) is 0.827. The predicted octanol–water partition coefficient (Wildman–Crippen LogP) is 3.58. The van der Waals surface area contributed by atoms with Crippen LogP contribution in [-0.4, -0.2) is 11.1 Å². The van der Waals surface area contributed by atoms with Gasteiger partial charge in [-0.1, -0.05) is 38.8 Å². The van der Waals surface area contributed by atoms with E-state index >= 15 is 0 Å². The van der Waals surface area contributed by atoms with E-state index in [9.17, 15) is 0 Å². The molecule has 1 heterocycles. The van der Waals surface area contributed by atoms with E-state index < -0.39 is 0 Å². The van der Waals surface area contributed by atoms with Crippen molar-refractivity contribution in [2.75, 3.05) is 6.54 Å². The van der Waals surface area contributed by atoms with E-state index in [1.807, 2.05) is 0 Å². The minimum Gasteiger partial charge on any atom is -0.347 e. The van der Waals surface area contributed by atoms with Gasteiger partial charge in [0, 0.05) is 23.6 Å². The summed E-state index contributed by atoms with van der Waals surface area (Å²) in [5.74, 6) is 0.777. The van der Waals surface area contributed by atoms with Crippen molar-refractivity contribution in [1.29, 1.82) is 0 Å². The fourth-order valence-corrected chi connectivity index (χ4v) is 2.64. The number of aromatic nitrogens is 1. The van der Waals surface area contributed by atoms with Crippen molar-refractivity contribution in [1.82, 2.24) is 4.57 Å². The lowest BCUT2D eigenvalue weighted by Gasteiger charge is -2.14. The van der Waals surface area contributed by atoms with Crippen LogP contribution in [0.4, 0.5) is 0 Å². The molecule has 2 rings (SSSR count). The molecule has 18 heavy (non-hydrogen) atoms. The van der Waals surface area contributed by atoms with E-state index in [1.54, 1.807) is 0 Å². The minimum atomic E-state index is 0.719. The van der Waals surface area contributed by atoms with Crippen LogP contribution in [0.25, 0.3) is 10.9 Å².